The highest BCUT2D eigenvalue weighted by Gasteiger charge is 2.24. The van der Waals surface area contributed by atoms with Gasteiger partial charge in [0, 0.05) is 46.0 Å². The number of pyridine rings is 2. The van der Waals surface area contributed by atoms with Gasteiger partial charge in [0.25, 0.3) is 0 Å². The lowest BCUT2D eigenvalue weighted by Crippen LogP contribution is -1.94. The third kappa shape index (κ3) is 2.92. The summed E-state index contributed by atoms with van der Waals surface area (Å²) < 4.78 is 2.14. The molecule has 4 aromatic rings. The van der Waals surface area contributed by atoms with Gasteiger partial charge in [-0.1, -0.05) is 19.1 Å². The summed E-state index contributed by atoms with van der Waals surface area (Å²) in [7, 11) is 0. The molecule has 4 nitrogen and oxygen atoms in total. The van der Waals surface area contributed by atoms with Crippen LogP contribution in [0, 0.1) is 0 Å². The zero-order valence-corrected chi connectivity index (χ0v) is 16.0. The summed E-state index contributed by atoms with van der Waals surface area (Å²) in [6.07, 6.45) is 6.02. The van der Waals surface area contributed by atoms with Crippen molar-refractivity contribution in [2.45, 2.75) is 31.2 Å². The van der Waals surface area contributed by atoms with E-state index < -0.39 is 0 Å². The van der Waals surface area contributed by atoms with Gasteiger partial charge in [-0.15, -0.1) is 11.8 Å². The Morgan fingerprint density at radius 1 is 1.11 bits per heavy atom. The quantitative estimate of drug-likeness (QED) is 0.461. The topological polar surface area (TPSA) is 43.6 Å². The van der Waals surface area contributed by atoms with Crippen LogP contribution < -0.4 is 0 Å². The fourth-order valence-electron chi connectivity index (χ4n) is 3.81. The maximum atomic E-state index is 4.88. The zero-order valence-electron chi connectivity index (χ0n) is 15.2. The van der Waals surface area contributed by atoms with Crippen molar-refractivity contribution in [2.24, 2.45) is 0 Å². The van der Waals surface area contributed by atoms with Gasteiger partial charge in [-0.2, -0.15) is 5.10 Å². The van der Waals surface area contributed by atoms with Crippen LogP contribution in [-0.2, 0) is 13.0 Å². The van der Waals surface area contributed by atoms with E-state index in [2.05, 4.69) is 40.9 Å². The van der Waals surface area contributed by atoms with Crippen molar-refractivity contribution in [1.82, 2.24) is 19.7 Å². The second-order valence-electron chi connectivity index (χ2n) is 6.72. The van der Waals surface area contributed by atoms with Crippen molar-refractivity contribution in [3.63, 3.8) is 0 Å². The van der Waals surface area contributed by atoms with Crippen molar-refractivity contribution in [3.8, 4) is 22.5 Å². The third-order valence-corrected chi connectivity index (χ3v) is 5.88. The van der Waals surface area contributed by atoms with E-state index in [1.807, 2.05) is 42.4 Å². The van der Waals surface area contributed by atoms with Crippen LogP contribution in [0.15, 0.2) is 59.8 Å². The Balaban J connectivity index is 1.67. The molecule has 0 spiro atoms. The fourth-order valence-corrected chi connectivity index (χ4v) is 4.50. The molecular weight excluding hydrogens is 352 g/mol. The Kier molecular flexibility index (Phi) is 4.17. The van der Waals surface area contributed by atoms with Gasteiger partial charge < -0.3 is 0 Å². The van der Waals surface area contributed by atoms with Crippen molar-refractivity contribution < 1.29 is 0 Å². The number of hydrogen-bond donors (Lipinski definition) is 0. The highest BCUT2D eigenvalue weighted by Crippen LogP contribution is 2.37. The van der Waals surface area contributed by atoms with Crippen molar-refractivity contribution in [1.29, 1.82) is 0 Å². The second-order valence-corrected chi connectivity index (χ2v) is 8.06. The van der Waals surface area contributed by atoms with Crippen LogP contribution in [0.5, 0.6) is 0 Å². The van der Waals surface area contributed by atoms with Gasteiger partial charge in [0.2, 0.25) is 0 Å². The largest absolute Gasteiger partial charge is 0.268 e. The second kappa shape index (κ2) is 6.82. The van der Waals surface area contributed by atoms with Crippen LogP contribution in [0.25, 0.3) is 33.4 Å². The number of benzene rings is 1. The lowest BCUT2D eigenvalue weighted by Gasteiger charge is -2.07. The Bertz CT molecular complexity index is 1120. The Labute approximate surface area is 162 Å². The average Bonchev–Trinajstić information content (AvgIpc) is 3.30. The maximum absolute atomic E-state index is 4.88. The summed E-state index contributed by atoms with van der Waals surface area (Å²) >= 11 is 1.85. The molecule has 4 heterocycles. The van der Waals surface area contributed by atoms with Crippen molar-refractivity contribution in [3.05, 3.63) is 60.6 Å². The van der Waals surface area contributed by atoms with E-state index >= 15 is 0 Å². The summed E-state index contributed by atoms with van der Waals surface area (Å²) in [5, 5.41) is 6.04. The minimum atomic E-state index is 0.921. The van der Waals surface area contributed by atoms with Crippen LogP contribution in [0.4, 0.5) is 0 Å². The minimum Gasteiger partial charge on any atom is -0.268 e. The number of aromatic nitrogens is 4. The summed E-state index contributed by atoms with van der Waals surface area (Å²) in [6, 6.07) is 14.8. The molecule has 0 saturated carbocycles. The molecular formula is C22H20N4S. The lowest BCUT2D eigenvalue weighted by molar-refractivity contribution is 0.658. The fraction of sp³-hybridized carbons (Fsp3) is 0.227. The molecule has 0 N–H and O–H groups in total. The number of fused-ring (bicyclic) bond motifs is 2. The van der Waals surface area contributed by atoms with Crippen molar-refractivity contribution >= 4 is 22.7 Å². The van der Waals surface area contributed by atoms with Crippen LogP contribution >= 0.6 is 11.8 Å². The molecule has 0 radical (unpaired) electrons. The van der Waals surface area contributed by atoms with Gasteiger partial charge in [0.1, 0.15) is 5.69 Å². The molecule has 134 valence electrons. The van der Waals surface area contributed by atoms with E-state index in [4.69, 9.17) is 10.1 Å². The number of aryl methyl sites for hydroxylation is 1. The van der Waals surface area contributed by atoms with E-state index in [0.29, 0.717) is 0 Å². The van der Waals surface area contributed by atoms with Gasteiger partial charge in [0.05, 0.1) is 11.2 Å². The monoisotopic (exact) mass is 372 g/mol. The molecule has 5 rings (SSSR count). The highest BCUT2D eigenvalue weighted by molar-refractivity contribution is 7.99. The van der Waals surface area contributed by atoms with Gasteiger partial charge in [0.15, 0.2) is 0 Å². The normalized spacial score (nSPS) is 13.2. The van der Waals surface area contributed by atoms with E-state index in [9.17, 15) is 0 Å². The molecule has 3 aromatic heterocycles. The molecule has 0 bridgehead atoms. The molecule has 0 unspecified atom stereocenters. The maximum Gasteiger partial charge on any atom is 0.119 e. The van der Waals surface area contributed by atoms with Crippen LogP contribution in [-0.4, -0.2) is 25.5 Å². The Hall–Kier alpha value is -2.66. The molecule has 0 fully saturated rings. The highest BCUT2D eigenvalue weighted by atomic mass is 32.2. The van der Waals surface area contributed by atoms with Crippen molar-refractivity contribution in [2.75, 3.05) is 5.75 Å². The molecule has 1 aliphatic rings. The van der Waals surface area contributed by atoms with E-state index in [1.165, 1.54) is 16.2 Å². The summed E-state index contributed by atoms with van der Waals surface area (Å²) in [4.78, 5) is 10.6. The van der Waals surface area contributed by atoms with E-state index in [0.717, 1.165) is 53.0 Å². The molecule has 0 aliphatic carbocycles. The van der Waals surface area contributed by atoms with Gasteiger partial charge in [-0.25, -0.2) is 0 Å². The molecule has 0 atom stereocenters. The van der Waals surface area contributed by atoms with Crippen LogP contribution in [0.1, 0.15) is 19.0 Å². The summed E-state index contributed by atoms with van der Waals surface area (Å²) in [5.41, 5.74) is 6.54. The number of thioether (sulfide) groups is 1. The number of rotatable bonds is 4. The van der Waals surface area contributed by atoms with Gasteiger partial charge in [-0.05, 0) is 48.9 Å². The zero-order chi connectivity index (χ0) is 18.2. The predicted molar refractivity (Wildman–Crippen MR) is 111 cm³/mol. The average molecular weight is 372 g/mol. The van der Waals surface area contributed by atoms with Crippen LogP contribution in [0.2, 0.25) is 0 Å². The van der Waals surface area contributed by atoms with Gasteiger partial charge in [-0.3, -0.25) is 14.6 Å². The molecule has 0 amide bonds. The first-order valence-electron chi connectivity index (χ1n) is 9.37. The van der Waals surface area contributed by atoms with E-state index in [1.54, 1.807) is 0 Å². The summed E-state index contributed by atoms with van der Waals surface area (Å²) in [6.45, 7) is 3.15. The predicted octanol–water partition coefficient (Wildman–Crippen LogP) is 5.22. The Morgan fingerprint density at radius 3 is 2.93 bits per heavy atom. The SMILES string of the molecule is CCSc1ccc2cc(-c3c(-c4ccccn4)nn4c3CCC4)cnc2c1. The van der Waals surface area contributed by atoms with Gasteiger partial charge >= 0.3 is 0 Å². The first-order chi connectivity index (χ1) is 13.3. The van der Waals surface area contributed by atoms with E-state index in [-0.39, 0.29) is 0 Å². The molecule has 1 aliphatic heterocycles. The molecule has 1 aromatic carbocycles. The standard InChI is InChI=1S/C22H20N4S/c1-2-27-17-9-8-15-12-16(14-24-19(15)13-17)21-20-7-5-11-26(20)25-22(21)18-6-3-4-10-23-18/h3-4,6,8-10,12-14H,2,5,7,11H2,1H3. The smallest absolute Gasteiger partial charge is 0.119 e. The number of hydrogen-bond acceptors (Lipinski definition) is 4. The lowest BCUT2D eigenvalue weighted by atomic mass is 10.00. The first-order valence-corrected chi connectivity index (χ1v) is 10.4. The Morgan fingerprint density at radius 2 is 2.07 bits per heavy atom. The molecule has 0 saturated heterocycles. The minimum absolute atomic E-state index is 0.921. The number of nitrogens with zero attached hydrogens (tertiary/aromatic N) is 4. The molecule has 27 heavy (non-hydrogen) atoms. The van der Waals surface area contributed by atoms with Crippen LogP contribution in [0.3, 0.4) is 0 Å². The summed E-state index contributed by atoms with van der Waals surface area (Å²) in [5.74, 6) is 1.07. The first kappa shape index (κ1) is 16.5. The molecule has 5 heteroatoms. The third-order valence-electron chi connectivity index (χ3n) is 5.00.